The van der Waals surface area contributed by atoms with Crippen LogP contribution in [0.3, 0.4) is 0 Å². The van der Waals surface area contributed by atoms with Crippen LogP contribution in [0.25, 0.3) is 10.8 Å². The summed E-state index contributed by atoms with van der Waals surface area (Å²) in [5, 5.41) is 6.48. The molecule has 1 fully saturated rings. The highest BCUT2D eigenvalue weighted by atomic mass is 35.5. The number of piperidine rings is 1. The van der Waals surface area contributed by atoms with E-state index >= 15 is 0 Å². The number of hydrogen-bond donors (Lipinski definition) is 3. The number of nitrogens with two attached hydrogens (primary N) is 1. The average molecular weight is 560 g/mol. The molecule has 0 bridgehead atoms. The molecule has 3 unspecified atom stereocenters. The van der Waals surface area contributed by atoms with Crippen LogP contribution in [0, 0.1) is 5.92 Å². The molecule has 1 aliphatic heterocycles. The van der Waals surface area contributed by atoms with Gasteiger partial charge >= 0.3 is 5.97 Å². The van der Waals surface area contributed by atoms with E-state index in [9.17, 15) is 18.0 Å². The van der Waals surface area contributed by atoms with E-state index in [-0.39, 0.29) is 36.4 Å². The summed E-state index contributed by atoms with van der Waals surface area (Å²) in [4.78, 5) is 25.8. The van der Waals surface area contributed by atoms with Crippen LogP contribution in [0.4, 0.5) is 0 Å². The molecular formula is C28H34ClN3O5S. The summed E-state index contributed by atoms with van der Waals surface area (Å²) in [6, 6.07) is 20.1. The zero-order valence-electron chi connectivity index (χ0n) is 21.2. The van der Waals surface area contributed by atoms with Gasteiger partial charge in [0.25, 0.3) is 0 Å². The monoisotopic (exact) mass is 559 g/mol. The quantitative estimate of drug-likeness (QED) is 0.344. The van der Waals surface area contributed by atoms with Gasteiger partial charge in [0.2, 0.25) is 5.91 Å². The first-order chi connectivity index (χ1) is 17.8. The number of fused-ring (bicyclic) bond motifs is 1. The van der Waals surface area contributed by atoms with Gasteiger partial charge in [-0.25, -0.2) is 8.42 Å². The summed E-state index contributed by atoms with van der Waals surface area (Å²) in [5.41, 5.74) is 7.06. The number of halogens is 1. The number of sulfone groups is 1. The van der Waals surface area contributed by atoms with Crippen molar-refractivity contribution in [2.24, 2.45) is 11.7 Å². The highest BCUT2D eigenvalue weighted by molar-refractivity contribution is 7.92. The number of rotatable bonds is 9. The predicted octanol–water partition coefficient (Wildman–Crippen LogP) is 2.63. The van der Waals surface area contributed by atoms with Gasteiger partial charge in [-0.3, -0.25) is 9.59 Å². The second kappa shape index (κ2) is 13.2. The molecule has 204 valence electrons. The molecule has 3 aromatic carbocycles. The summed E-state index contributed by atoms with van der Waals surface area (Å²) in [7, 11) is -3.98. The third kappa shape index (κ3) is 6.71. The fourth-order valence-corrected chi connectivity index (χ4v) is 7.07. The Kier molecular flexibility index (Phi) is 10.3. The van der Waals surface area contributed by atoms with Crippen molar-refractivity contribution in [3.05, 3.63) is 78.4 Å². The van der Waals surface area contributed by atoms with Crippen molar-refractivity contribution >= 4 is 44.9 Å². The summed E-state index contributed by atoms with van der Waals surface area (Å²) in [6.45, 7) is 2.31. The number of esters is 1. The van der Waals surface area contributed by atoms with Crippen LogP contribution >= 0.6 is 12.4 Å². The van der Waals surface area contributed by atoms with Gasteiger partial charge in [-0.1, -0.05) is 60.7 Å². The Morgan fingerprint density at radius 3 is 2.45 bits per heavy atom. The lowest BCUT2D eigenvalue weighted by atomic mass is 9.91. The normalized spacial score (nSPS) is 20.2. The van der Waals surface area contributed by atoms with Gasteiger partial charge in [0.1, 0.15) is 6.04 Å². The molecule has 1 heterocycles. The van der Waals surface area contributed by atoms with E-state index in [4.69, 9.17) is 10.5 Å². The fourth-order valence-electron chi connectivity index (χ4n) is 4.90. The Bertz CT molecular complexity index is 1350. The Morgan fingerprint density at radius 2 is 1.74 bits per heavy atom. The predicted molar refractivity (Wildman–Crippen MR) is 150 cm³/mol. The van der Waals surface area contributed by atoms with Crippen LogP contribution in [0.2, 0.25) is 0 Å². The van der Waals surface area contributed by atoms with E-state index in [2.05, 4.69) is 10.6 Å². The molecule has 0 aliphatic carbocycles. The smallest absolute Gasteiger partial charge is 0.324 e. The average Bonchev–Trinajstić information content (AvgIpc) is 2.91. The first kappa shape index (κ1) is 29.6. The van der Waals surface area contributed by atoms with Crippen molar-refractivity contribution in [1.29, 1.82) is 0 Å². The van der Waals surface area contributed by atoms with Crippen molar-refractivity contribution in [2.75, 3.05) is 19.7 Å². The number of amides is 1. The van der Waals surface area contributed by atoms with Crippen molar-refractivity contribution in [3.8, 4) is 0 Å². The maximum atomic E-state index is 14.0. The van der Waals surface area contributed by atoms with Crippen LogP contribution in [0.5, 0.6) is 0 Å². The van der Waals surface area contributed by atoms with Crippen LogP contribution in [-0.4, -0.2) is 57.3 Å². The Hall–Kier alpha value is -2.98. The highest BCUT2D eigenvalue weighted by Gasteiger charge is 2.47. The Labute approximate surface area is 229 Å². The molecule has 1 saturated heterocycles. The first-order valence-corrected chi connectivity index (χ1v) is 14.1. The Balaban J connectivity index is 0.00000400. The maximum Gasteiger partial charge on any atom is 0.324 e. The molecule has 38 heavy (non-hydrogen) atoms. The molecule has 1 amide bonds. The lowest BCUT2D eigenvalue weighted by Gasteiger charge is -2.37. The second-order valence-corrected chi connectivity index (χ2v) is 11.4. The lowest BCUT2D eigenvalue weighted by molar-refractivity contribution is -0.146. The molecular weight excluding hydrogens is 526 g/mol. The van der Waals surface area contributed by atoms with Gasteiger partial charge in [0.05, 0.1) is 22.8 Å². The van der Waals surface area contributed by atoms with Crippen LogP contribution in [-0.2, 0) is 30.6 Å². The molecule has 4 N–H and O–H groups in total. The summed E-state index contributed by atoms with van der Waals surface area (Å²) >= 11 is 0. The van der Waals surface area contributed by atoms with Crippen LogP contribution in [0.15, 0.2) is 77.7 Å². The number of hydrogen-bond acceptors (Lipinski definition) is 7. The van der Waals surface area contributed by atoms with Gasteiger partial charge in [0.15, 0.2) is 9.84 Å². The minimum Gasteiger partial charge on any atom is -0.465 e. The fraction of sp³-hybridized carbons (Fsp3) is 0.357. The number of benzene rings is 3. The summed E-state index contributed by atoms with van der Waals surface area (Å²) < 4.78 is 33.2. The number of carbonyl (C=O) groups is 2. The van der Waals surface area contributed by atoms with Crippen molar-refractivity contribution in [1.82, 2.24) is 10.6 Å². The molecule has 4 atom stereocenters. The Morgan fingerprint density at radius 1 is 1.05 bits per heavy atom. The molecule has 0 spiro atoms. The van der Waals surface area contributed by atoms with Gasteiger partial charge in [-0.2, -0.15) is 0 Å². The van der Waals surface area contributed by atoms with Gasteiger partial charge in [0, 0.05) is 6.54 Å². The first-order valence-electron chi connectivity index (χ1n) is 12.5. The minimum atomic E-state index is -3.98. The zero-order chi connectivity index (χ0) is 26.4. The van der Waals surface area contributed by atoms with Crippen LogP contribution in [0.1, 0.15) is 18.9 Å². The number of carbonyl (C=O) groups excluding carboxylic acids is 2. The van der Waals surface area contributed by atoms with Crippen molar-refractivity contribution in [3.63, 3.8) is 0 Å². The minimum absolute atomic E-state index is 0. The van der Waals surface area contributed by atoms with E-state index in [1.807, 2.05) is 54.6 Å². The van der Waals surface area contributed by atoms with E-state index < -0.39 is 39.1 Å². The largest absolute Gasteiger partial charge is 0.465 e. The summed E-state index contributed by atoms with van der Waals surface area (Å²) in [6.07, 6.45) is 0.824. The van der Waals surface area contributed by atoms with E-state index in [1.165, 1.54) is 0 Å². The van der Waals surface area contributed by atoms with E-state index in [0.717, 1.165) is 16.3 Å². The van der Waals surface area contributed by atoms with Gasteiger partial charge < -0.3 is 21.1 Å². The standard InChI is InChI=1S/C28H33N3O5S.ClH/c1-2-36-28(33)25-26(37(34,35)23-13-12-20-10-6-7-11-21(20)17-23)22(14-15-30-25)18-31-27(32)24(29)16-19-8-4-3-5-9-19;/h3-13,17,22,24-26,30H,2,14-16,18,29H2,1H3,(H,31,32);1H/t22?,24-,25?,26?;/m0./s1. The lowest BCUT2D eigenvalue weighted by Crippen LogP contribution is -2.59. The number of nitrogens with one attached hydrogen (secondary N) is 2. The van der Waals surface area contributed by atoms with E-state index in [0.29, 0.717) is 19.4 Å². The zero-order valence-corrected chi connectivity index (χ0v) is 22.8. The molecule has 0 aromatic heterocycles. The van der Waals surface area contributed by atoms with Crippen molar-refractivity contribution < 1.29 is 22.7 Å². The molecule has 1 aliphatic rings. The maximum absolute atomic E-state index is 14.0. The van der Waals surface area contributed by atoms with Gasteiger partial charge in [-0.15, -0.1) is 12.4 Å². The molecule has 8 nitrogen and oxygen atoms in total. The third-order valence-electron chi connectivity index (χ3n) is 6.79. The summed E-state index contributed by atoms with van der Waals surface area (Å²) in [5.74, 6) is -1.49. The molecule has 3 aromatic rings. The van der Waals surface area contributed by atoms with E-state index in [1.54, 1.807) is 25.1 Å². The molecule has 0 saturated carbocycles. The third-order valence-corrected chi connectivity index (χ3v) is 9.08. The van der Waals surface area contributed by atoms with Gasteiger partial charge in [-0.05, 0) is 60.7 Å². The molecule has 0 radical (unpaired) electrons. The highest BCUT2D eigenvalue weighted by Crippen LogP contribution is 2.31. The molecule has 4 rings (SSSR count). The second-order valence-electron chi connectivity index (χ2n) is 9.29. The number of ether oxygens (including phenoxy) is 1. The molecule has 10 heteroatoms. The SMILES string of the molecule is CCOC(=O)C1NCCC(CNC(=O)[C@@H](N)Cc2ccccc2)C1S(=O)(=O)c1ccc2ccccc2c1.Cl. The van der Waals surface area contributed by atoms with Crippen LogP contribution < -0.4 is 16.4 Å². The topological polar surface area (TPSA) is 128 Å². The van der Waals surface area contributed by atoms with Crippen molar-refractivity contribution in [2.45, 2.75) is 42.0 Å².